The summed E-state index contributed by atoms with van der Waals surface area (Å²) in [5.74, 6) is -0.748. The molecule has 1 saturated heterocycles. The zero-order valence-corrected chi connectivity index (χ0v) is 16.5. The summed E-state index contributed by atoms with van der Waals surface area (Å²) < 4.78 is 40.5. The van der Waals surface area contributed by atoms with E-state index in [0.717, 1.165) is 0 Å². The summed E-state index contributed by atoms with van der Waals surface area (Å²) in [5, 5.41) is 9.15. The molecule has 0 unspecified atom stereocenters. The van der Waals surface area contributed by atoms with Crippen molar-refractivity contribution in [2.45, 2.75) is 4.90 Å². The van der Waals surface area contributed by atoms with E-state index in [9.17, 15) is 17.6 Å². The maximum atomic E-state index is 13.2. The predicted molar refractivity (Wildman–Crippen MR) is 99.9 cm³/mol. The maximum absolute atomic E-state index is 13.2. The third-order valence-corrected chi connectivity index (χ3v) is 6.93. The van der Waals surface area contributed by atoms with Crippen molar-refractivity contribution in [3.05, 3.63) is 63.9 Å². The molecule has 1 fully saturated rings. The van der Waals surface area contributed by atoms with Gasteiger partial charge in [-0.05, 0) is 46.3 Å². The van der Waals surface area contributed by atoms with Crippen LogP contribution >= 0.6 is 15.9 Å². The topological polar surface area (TPSA) is 81.5 Å². The normalized spacial score (nSPS) is 15.4. The SMILES string of the molecule is N#Cc1ccccc1S(=O)(=O)N1CCN(C(=O)c2ccc(F)cc2Br)CC1. The Hall–Kier alpha value is -2.28. The second-order valence-electron chi connectivity index (χ2n) is 5.93. The van der Waals surface area contributed by atoms with Crippen LogP contribution in [-0.2, 0) is 10.0 Å². The van der Waals surface area contributed by atoms with Gasteiger partial charge in [0.25, 0.3) is 5.91 Å². The van der Waals surface area contributed by atoms with Crippen LogP contribution in [0.1, 0.15) is 15.9 Å². The largest absolute Gasteiger partial charge is 0.336 e. The van der Waals surface area contributed by atoms with Crippen molar-refractivity contribution in [1.29, 1.82) is 5.26 Å². The van der Waals surface area contributed by atoms with Gasteiger partial charge >= 0.3 is 0 Å². The molecular formula is C18H15BrFN3O3S. The highest BCUT2D eigenvalue weighted by atomic mass is 79.9. The third kappa shape index (κ3) is 3.88. The minimum Gasteiger partial charge on any atom is -0.336 e. The van der Waals surface area contributed by atoms with E-state index in [1.165, 1.54) is 39.5 Å². The van der Waals surface area contributed by atoms with Gasteiger partial charge in [-0.25, -0.2) is 12.8 Å². The first kappa shape index (κ1) is 19.5. The Kier molecular flexibility index (Phi) is 5.60. The number of carbonyl (C=O) groups excluding carboxylic acids is 1. The van der Waals surface area contributed by atoms with Gasteiger partial charge in [-0.1, -0.05) is 12.1 Å². The third-order valence-electron chi connectivity index (χ3n) is 4.31. The lowest BCUT2D eigenvalue weighted by molar-refractivity contribution is 0.0697. The molecule has 0 saturated carbocycles. The lowest BCUT2D eigenvalue weighted by atomic mass is 10.2. The van der Waals surface area contributed by atoms with Gasteiger partial charge in [-0.3, -0.25) is 4.79 Å². The molecular weight excluding hydrogens is 437 g/mol. The summed E-state index contributed by atoms with van der Waals surface area (Å²) in [6.45, 7) is 0.645. The number of amides is 1. The maximum Gasteiger partial charge on any atom is 0.255 e. The lowest BCUT2D eigenvalue weighted by Gasteiger charge is -2.34. The molecule has 0 spiro atoms. The molecule has 0 aromatic heterocycles. The van der Waals surface area contributed by atoms with Gasteiger partial charge in [0.1, 0.15) is 11.9 Å². The highest BCUT2D eigenvalue weighted by Gasteiger charge is 2.32. The summed E-state index contributed by atoms with van der Waals surface area (Å²) in [6, 6.07) is 11.7. The number of nitrogens with zero attached hydrogens (tertiary/aromatic N) is 3. The number of hydrogen-bond acceptors (Lipinski definition) is 4. The zero-order valence-electron chi connectivity index (χ0n) is 14.1. The van der Waals surface area contributed by atoms with E-state index < -0.39 is 15.8 Å². The Morgan fingerprint density at radius 2 is 1.78 bits per heavy atom. The summed E-state index contributed by atoms with van der Waals surface area (Å²) in [6.07, 6.45) is 0. The van der Waals surface area contributed by atoms with Crippen LogP contribution in [0.2, 0.25) is 0 Å². The van der Waals surface area contributed by atoms with Crippen LogP contribution in [0.15, 0.2) is 51.8 Å². The first-order valence-electron chi connectivity index (χ1n) is 8.08. The van der Waals surface area contributed by atoms with E-state index in [2.05, 4.69) is 15.9 Å². The monoisotopic (exact) mass is 451 g/mol. The van der Waals surface area contributed by atoms with Crippen LogP contribution in [0.3, 0.4) is 0 Å². The molecule has 1 heterocycles. The van der Waals surface area contributed by atoms with Gasteiger partial charge in [0.05, 0.1) is 16.0 Å². The van der Waals surface area contributed by atoms with Gasteiger partial charge in [0.2, 0.25) is 10.0 Å². The number of benzene rings is 2. The molecule has 0 atom stereocenters. The molecule has 2 aromatic carbocycles. The molecule has 0 radical (unpaired) electrons. The second kappa shape index (κ2) is 7.76. The number of sulfonamides is 1. The summed E-state index contributed by atoms with van der Waals surface area (Å²) in [7, 11) is -3.82. The number of piperazine rings is 1. The molecule has 0 bridgehead atoms. The Bertz CT molecular complexity index is 1030. The molecule has 0 N–H and O–H groups in total. The molecule has 0 aliphatic carbocycles. The van der Waals surface area contributed by atoms with E-state index in [-0.39, 0.29) is 42.5 Å². The van der Waals surface area contributed by atoms with E-state index in [0.29, 0.717) is 10.0 Å². The fourth-order valence-electron chi connectivity index (χ4n) is 2.89. The van der Waals surface area contributed by atoms with Crippen LogP contribution in [0, 0.1) is 17.1 Å². The second-order valence-corrected chi connectivity index (χ2v) is 8.69. The van der Waals surface area contributed by atoms with Gasteiger partial charge < -0.3 is 4.90 Å². The number of nitriles is 1. The van der Waals surface area contributed by atoms with Crippen molar-refractivity contribution in [2.75, 3.05) is 26.2 Å². The molecule has 27 heavy (non-hydrogen) atoms. The molecule has 1 amide bonds. The van der Waals surface area contributed by atoms with Crippen molar-refractivity contribution in [3.63, 3.8) is 0 Å². The minimum absolute atomic E-state index is 0.0337. The summed E-state index contributed by atoms with van der Waals surface area (Å²) >= 11 is 3.18. The molecule has 140 valence electrons. The van der Waals surface area contributed by atoms with Crippen molar-refractivity contribution in [1.82, 2.24) is 9.21 Å². The van der Waals surface area contributed by atoms with Gasteiger partial charge in [0, 0.05) is 30.7 Å². The van der Waals surface area contributed by atoms with Crippen molar-refractivity contribution >= 4 is 31.9 Å². The quantitative estimate of drug-likeness (QED) is 0.717. The Balaban J connectivity index is 1.75. The van der Waals surface area contributed by atoms with Crippen molar-refractivity contribution in [2.24, 2.45) is 0 Å². The number of carbonyl (C=O) groups is 1. The molecule has 6 nitrogen and oxygen atoms in total. The predicted octanol–water partition coefficient (Wildman–Crippen LogP) is 2.61. The van der Waals surface area contributed by atoms with Crippen LogP contribution in [0.4, 0.5) is 4.39 Å². The molecule has 2 aromatic rings. The number of hydrogen-bond donors (Lipinski definition) is 0. The van der Waals surface area contributed by atoms with Crippen molar-refractivity contribution < 1.29 is 17.6 Å². The van der Waals surface area contributed by atoms with E-state index in [1.807, 2.05) is 6.07 Å². The lowest BCUT2D eigenvalue weighted by Crippen LogP contribution is -2.50. The van der Waals surface area contributed by atoms with Crippen molar-refractivity contribution in [3.8, 4) is 6.07 Å². The highest BCUT2D eigenvalue weighted by molar-refractivity contribution is 9.10. The Morgan fingerprint density at radius 1 is 1.11 bits per heavy atom. The average Bonchev–Trinajstić information content (AvgIpc) is 2.67. The zero-order chi connectivity index (χ0) is 19.6. The number of rotatable bonds is 3. The first-order chi connectivity index (χ1) is 12.8. The summed E-state index contributed by atoms with van der Waals surface area (Å²) in [4.78, 5) is 14.1. The van der Waals surface area contributed by atoms with Crippen LogP contribution < -0.4 is 0 Å². The number of halogens is 2. The van der Waals surface area contributed by atoms with Crippen LogP contribution in [-0.4, -0.2) is 49.7 Å². The molecule has 9 heteroatoms. The molecule has 1 aliphatic heterocycles. The van der Waals surface area contributed by atoms with Crippen LogP contribution in [0.5, 0.6) is 0 Å². The molecule has 1 aliphatic rings. The van der Waals surface area contributed by atoms with Gasteiger partial charge in [-0.2, -0.15) is 9.57 Å². The standard InChI is InChI=1S/C18H15BrFN3O3S/c19-16-11-14(20)5-6-15(16)18(24)22-7-9-23(10-8-22)27(25,26)17-4-2-1-3-13(17)12-21/h1-6,11H,7-10H2. The highest BCUT2D eigenvalue weighted by Crippen LogP contribution is 2.23. The fraction of sp³-hybridized carbons (Fsp3) is 0.222. The fourth-order valence-corrected chi connectivity index (χ4v) is 4.97. The van der Waals surface area contributed by atoms with E-state index >= 15 is 0 Å². The van der Waals surface area contributed by atoms with Gasteiger partial charge in [-0.15, -0.1) is 0 Å². The molecule has 3 rings (SSSR count). The van der Waals surface area contributed by atoms with Gasteiger partial charge in [0.15, 0.2) is 0 Å². The minimum atomic E-state index is -3.82. The Labute approximate surface area is 165 Å². The smallest absolute Gasteiger partial charge is 0.255 e. The van der Waals surface area contributed by atoms with E-state index in [1.54, 1.807) is 12.1 Å². The van der Waals surface area contributed by atoms with E-state index in [4.69, 9.17) is 5.26 Å². The average molecular weight is 452 g/mol. The Morgan fingerprint density at radius 3 is 2.41 bits per heavy atom. The summed E-state index contributed by atoms with van der Waals surface area (Å²) in [5.41, 5.74) is 0.411. The van der Waals surface area contributed by atoms with Crippen LogP contribution in [0.25, 0.3) is 0 Å². The first-order valence-corrected chi connectivity index (χ1v) is 10.3.